The van der Waals surface area contributed by atoms with Gasteiger partial charge in [0.1, 0.15) is 0 Å². The van der Waals surface area contributed by atoms with Crippen LogP contribution in [0.25, 0.3) is 10.2 Å². The number of benzene rings is 2. The molecule has 0 bridgehead atoms. The Morgan fingerprint density at radius 2 is 1.74 bits per heavy atom. The highest BCUT2D eigenvalue weighted by molar-refractivity contribution is 7.17. The van der Waals surface area contributed by atoms with E-state index in [1.165, 1.54) is 11.3 Å². The molecule has 0 aliphatic carbocycles. The van der Waals surface area contributed by atoms with Gasteiger partial charge in [-0.3, -0.25) is 4.84 Å². The highest BCUT2D eigenvalue weighted by atomic mass is 32.1. The zero-order chi connectivity index (χ0) is 22.9. The molecule has 174 valence electrons. The van der Waals surface area contributed by atoms with E-state index < -0.39 is 0 Å². The molecule has 0 unspecified atom stereocenters. The zero-order valence-corrected chi connectivity index (χ0v) is 20.0. The van der Waals surface area contributed by atoms with Crippen molar-refractivity contribution in [3.05, 3.63) is 71.6 Å². The number of rotatable bonds is 5. The number of thiophene rings is 1. The summed E-state index contributed by atoms with van der Waals surface area (Å²) in [6.07, 6.45) is 0.928. The maximum Gasteiger partial charge on any atom is 0.229 e. The van der Waals surface area contributed by atoms with Crippen LogP contribution in [0.4, 0.5) is 23.1 Å². The fraction of sp³-hybridized carbons (Fsp3) is 0.308. The summed E-state index contributed by atoms with van der Waals surface area (Å²) < 4.78 is 1.04. The molecule has 0 saturated carbocycles. The van der Waals surface area contributed by atoms with Gasteiger partial charge in [-0.1, -0.05) is 30.3 Å². The van der Waals surface area contributed by atoms with E-state index >= 15 is 0 Å². The number of aromatic nitrogens is 2. The molecule has 2 aliphatic heterocycles. The monoisotopic (exact) mass is 472 g/mol. The van der Waals surface area contributed by atoms with Crippen LogP contribution >= 0.6 is 11.3 Å². The second-order valence-electron chi connectivity index (χ2n) is 8.84. The summed E-state index contributed by atoms with van der Waals surface area (Å²) in [5.74, 6) is 1.40. The number of hydrogen-bond donors (Lipinski definition) is 1. The van der Waals surface area contributed by atoms with Crippen LogP contribution in [-0.2, 0) is 4.84 Å². The number of hydroxylamine groups is 1. The highest BCUT2D eigenvalue weighted by Gasteiger charge is 2.31. The second kappa shape index (κ2) is 9.21. The van der Waals surface area contributed by atoms with Crippen molar-refractivity contribution in [2.75, 3.05) is 55.1 Å². The lowest BCUT2D eigenvalue weighted by Crippen LogP contribution is -2.44. The van der Waals surface area contributed by atoms with Gasteiger partial charge in [-0.25, -0.2) is 10.0 Å². The van der Waals surface area contributed by atoms with Gasteiger partial charge in [-0.2, -0.15) is 4.98 Å². The Morgan fingerprint density at radius 1 is 0.941 bits per heavy atom. The normalized spacial score (nSPS) is 19.1. The average molecular weight is 473 g/mol. The van der Waals surface area contributed by atoms with Crippen molar-refractivity contribution in [2.24, 2.45) is 0 Å². The van der Waals surface area contributed by atoms with Gasteiger partial charge in [0.05, 0.1) is 22.9 Å². The van der Waals surface area contributed by atoms with Gasteiger partial charge >= 0.3 is 0 Å². The minimum Gasteiger partial charge on any atom is -0.369 e. The van der Waals surface area contributed by atoms with Gasteiger partial charge < -0.3 is 15.1 Å². The van der Waals surface area contributed by atoms with Crippen LogP contribution in [0.15, 0.2) is 66.0 Å². The van der Waals surface area contributed by atoms with E-state index in [4.69, 9.17) is 14.8 Å². The molecule has 1 atom stereocenters. The summed E-state index contributed by atoms with van der Waals surface area (Å²) in [5, 5.41) is 7.45. The molecule has 8 heteroatoms. The van der Waals surface area contributed by atoms with Gasteiger partial charge in [0, 0.05) is 44.0 Å². The average Bonchev–Trinajstić information content (AvgIpc) is 3.55. The Balaban J connectivity index is 1.27. The summed E-state index contributed by atoms with van der Waals surface area (Å²) in [4.78, 5) is 20.6. The number of fused-ring (bicyclic) bond motifs is 1. The molecule has 34 heavy (non-hydrogen) atoms. The summed E-state index contributed by atoms with van der Waals surface area (Å²) in [7, 11) is 2.18. The van der Waals surface area contributed by atoms with Gasteiger partial charge in [0.15, 0.2) is 5.82 Å². The Hall–Kier alpha value is -3.20. The zero-order valence-electron chi connectivity index (χ0n) is 19.2. The maximum atomic E-state index is 6.09. The standard InChI is InChI=1S/C26H28N6OS/c1-30-13-15-31(16-14-30)21-9-7-20(8-10-21)27-26-28-22-12-18-34-24(22)25(29-26)32-23(11-17-33-32)19-5-3-2-4-6-19/h2-10,12,18,23H,11,13-17H2,1H3,(H,27,28,29)/t23-/m0/s1. The van der Waals surface area contributed by atoms with Crippen LogP contribution in [0, 0.1) is 0 Å². The molecule has 2 aromatic heterocycles. The van der Waals surface area contributed by atoms with Crippen LogP contribution in [-0.4, -0.2) is 54.7 Å². The molecule has 2 aliphatic rings. The molecule has 1 N–H and O–H groups in total. The van der Waals surface area contributed by atoms with E-state index in [2.05, 4.69) is 76.1 Å². The molecule has 4 heterocycles. The topological polar surface area (TPSA) is 56.8 Å². The molecule has 0 amide bonds. The number of nitrogens with one attached hydrogen (secondary N) is 1. The first-order valence-electron chi connectivity index (χ1n) is 11.8. The highest BCUT2D eigenvalue weighted by Crippen LogP contribution is 2.39. The fourth-order valence-corrected chi connectivity index (χ4v) is 5.47. The number of hydrogen-bond acceptors (Lipinski definition) is 8. The van der Waals surface area contributed by atoms with Crippen LogP contribution in [0.2, 0.25) is 0 Å². The van der Waals surface area contributed by atoms with Gasteiger partial charge in [0.2, 0.25) is 5.95 Å². The number of likely N-dealkylation sites (N-methyl/N-ethyl adjacent to an activating group) is 1. The molecule has 7 nitrogen and oxygen atoms in total. The van der Waals surface area contributed by atoms with Gasteiger partial charge in [-0.05, 0) is 48.3 Å². The predicted molar refractivity (Wildman–Crippen MR) is 139 cm³/mol. The van der Waals surface area contributed by atoms with Crippen LogP contribution in [0.3, 0.4) is 0 Å². The van der Waals surface area contributed by atoms with Crippen molar-refractivity contribution in [2.45, 2.75) is 12.5 Å². The van der Waals surface area contributed by atoms with Crippen LogP contribution in [0.1, 0.15) is 18.0 Å². The largest absolute Gasteiger partial charge is 0.369 e. The van der Waals surface area contributed by atoms with E-state index in [9.17, 15) is 0 Å². The lowest BCUT2D eigenvalue weighted by Gasteiger charge is -2.34. The Labute approximate surface area is 203 Å². The van der Waals surface area contributed by atoms with Gasteiger partial charge in [-0.15, -0.1) is 11.3 Å². The van der Waals surface area contributed by atoms with Crippen LogP contribution < -0.4 is 15.3 Å². The molecular formula is C26H28N6OS. The number of piperazine rings is 1. The van der Waals surface area contributed by atoms with Crippen molar-refractivity contribution in [3.63, 3.8) is 0 Å². The lowest BCUT2D eigenvalue weighted by molar-refractivity contribution is 0.157. The number of anilines is 4. The third kappa shape index (κ3) is 4.20. The quantitative estimate of drug-likeness (QED) is 0.435. The Morgan fingerprint density at radius 3 is 2.53 bits per heavy atom. The van der Waals surface area contributed by atoms with Crippen molar-refractivity contribution >= 4 is 44.7 Å². The first-order valence-corrected chi connectivity index (χ1v) is 12.7. The summed E-state index contributed by atoms with van der Waals surface area (Å²) >= 11 is 1.65. The molecule has 6 rings (SSSR count). The first-order chi connectivity index (χ1) is 16.7. The summed E-state index contributed by atoms with van der Waals surface area (Å²) in [5.41, 5.74) is 4.39. The SMILES string of the molecule is CN1CCN(c2ccc(Nc3nc(N4OCC[C@H]4c4ccccc4)c4sccc4n3)cc2)CC1. The van der Waals surface area contributed by atoms with E-state index in [-0.39, 0.29) is 6.04 Å². The number of nitrogens with zero attached hydrogens (tertiary/aromatic N) is 5. The molecule has 2 fully saturated rings. The molecule has 0 radical (unpaired) electrons. The molecule has 4 aromatic rings. The van der Waals surface area contributed by atoms with Crippen molar-refractivity contribution in [1.82, 2.24) is 14.9 Å². The summed E-state index contributed by atoms with van der Waals surface area (Å²) in [6, 6.07) is 21.2. The van der Waals surface area contributed by atoms with E-state index in [1.54, 1.807) is 11.3 Å². The van der Waals surface area contributed by atoms with Crippen molar-refractivity contribution in [1.29, 1.82) is 0 Å². The van der Waals surface area contributed by atoms with Gasteiger partial charge in [0.25, 0.3) is 0 Å². The fourth-order valence-electron chi connectivity index (χ4n) is 4.66. The maximum absolute atomic E-state index is 6.09. The van der Waals surface area contributed by atoms with Crippen molar-refractivity contribution in [3.8, 4) is 0 Å². The first kappa shape index (κ1) is 21.3. The van der Waals surface area contributed by atoms with E-state index in [0.717, 1.165) is 54.3 Å². The second-order valence-corrected chi connectivity index (χ2v) is 9.76. The van der Waals surface area contributed by atoms with E-state index in [1.807, 2.05) is 17.2 Å². The molecular weight excluding hydrogens is 444 g/mol. The predicted octanol–water partition coefficient (Wildman–Crippen LogP) is 5.07. The third-order valence-corrected chi connectivity index (χ3v) is 7.47. The lowest BCUT2D eigenvalue weighted by atomic mass is 10.0. The molecule has 0 spiro atoms. The van der Waals surface area contributed by atoms with Crippen LogP contribution in [0.5, 0.6) is 0 Å². The Kier molecular flexibility index (Phi) is 5.78. The molecule has 2 saturated heterocycles. The van der Waals surface area contributed by atoms with Crippen molar-refractivity contribution < 1.29 is 4.84 Å². The molecule has 2 aromatic carbocycles. The third-order valence-electron chi connectivity index (χ3n) is 6.58. The smallest absolute Gasteiger partial charge is 0.229 e. The summed E-state index contributed by atoms with van der Waals surface area (Å²) in [6.45, 7) is 4.98. The minimum atomic E-state index is 0.136. The Bertz CT molecular complexity index is 1250. The van der Waals surface area contributed by atoms with E-state index in [0.29, 0.717) is 12.6 Å². The minimum absolute atomic E-state index is 0.136.